The number of H-pyrrole nitrogens is 1. The Kier molecular flexibility index (Phi) is 5.61. The highest BCUT2D eigenvalue weighted by atomic mass is 35.5. The van der Waals surface area contributed by atoms with Crippen molar-refractivity contribution in [1.82, 2.24) is 15.5 Å². The van der Waals surface area contributed by atoms with Crippen LogP contribution < -0.4 is 15.8 Å². The number of carbonyl (C=O) groups is 1. The standard InChI is InChI=1S/C14H21ClN4O2/c1-2-3-6-16-13(20)10-4-7-19(8-5-10)11-9-17-18-14(21)12(11)15/h9-10H,2-8H2,1H3,(H,16,20)(H,18,21). The zero-order valence-corrected chi connectivity index (χ0v) is 12.9. The Labute approximate surface area is 128 Å². The van der Waals surface area contributed by atoms with E-state index in [0.717, 1.165) is 32.2 Å². The van der Waals surface area contributed by atoms with Crippen LogP contribution in [0.2, 0.25) is 5.02 Å². The quantitative estimate of drug-likeness (QED) is 0.809. The van der Waals surface area contributed by atoms with Crippen molar-refractivity contribution in [2.24, 2.45) is 5.92 Å². The molecule has 1 aromatic heterocycles. The van der Waals surface area contributed by atoms with Gasteiger partial charge in [0.2, 0.25) is 5.91 Å². The summed E-state index contributed by atoms with van der Waals surface area (Å²) in [7, 11) is 0. The number of hydrogen-bond donors (Lipinski definition) is 2. The van der Waals surface area contributed by atoms with Gasteiger partial charge in [-0.3, -0.25) is 9.59 Å². The molecule has 6 nitrogen and oxygen atoms in total. The van der Waals surface area contributed by atoms with E-state index in [4.69, 9.17) is 11.6 Å². The molecule has 1 amide bonds. The third-order valence-electron chi connectivity index (χ3n) is 3.81. The second-order valence-electron chi connectivity index (χ2n) is 5.30. The van der Waals surface area contributed by atoms with E-state index in [-0.39, 0.29) is 22.4 Å². The van der Waals surface area contributed by atoms with Crippen LogP contribution in [0.3, 0.4) is 0 Å². The number of hydrogen-bond acceptors (Lipinski definition) is 4. The molecule has 0 aliphatic carbocycles. The molecule has 0 atom stereocenters. The predicted octanol–water partition coefficient (Wildman–Crippen LogP) is 1.56. The predicted molar refractivity (Wildman–Crippen MR) is 82.7 cm³/mol. The molecular weight excluding hydrogens is 292 g/mol. The number of nitrogens with zero attached hydrogens (tertiary/aromatic N) is 2. The highest BCUT2D eigenvalue weighted by Crippen LogP contribution is 2.26. The molecule has 0 spiro atoms. The van der Waals surface area contributed by atoms with Gasteiger partial charge in [0.15, 0.2) is 0 Å². The lowest BCUT2D eigenvalue weighted by Gasteiger charge is -2.32. The third kappa shape index (κ3) is 3.97. The second-order valence-corrected chi connectivity index (χ2v) is 5.68. The number of anilines is 1. The first kappa shape index (κ1) is 15.8. The molecule has 2 rings (SSSR count). The molecular formula is C14H21ClN4O2. The van der Waals surface area contributed by atoms with E-state index in [1.807, 2.05) is 4.90 Å². The van der Waals surface area contributed by atoms with Crippen LogP contribution in [0.4, 0.5) is 5.69 Å². The first-order valence-electron chi connectivity index (χ1n) is 7.39. The number of aromatic amines is 1. The molecule has 7 heteroatoms. The van der Waals surface area contributed by atoms with Crippen LogP contribution in [-0.4, -0.2) is 35.7 Å². The van der Waals surface area contributed by atoms with Gasteiger partial charge in [0, 0.05) is 25.6 Å². The number of amides is 1. The van der Waals surface area contributed by atoms with Crippen LogP contribution in [-0.2, 0) is 4.79 Å². The Balaban J connectivity index is 1.90. The molecule has 1 aliphatic heterocycles. The molecule has 0 saturated carbocycles. The van der Waals surface area contributed by atoms with E-state index in [1.165, 1.54) is 0 Å². The molecule has 2 heterocycles. The minimum Gasteiger partial charge on any atom is -0.369 e. The normalized spacial score (nSPS) is 16.0. The summed E-state index contributed by atoms with van der Waals surface area (Å²) >= 11 is 6.01. The van der Waals surface area contributed by atoms with Crippen LogP contribution in [0.25, 0.3) is 0 Å². The summed E-state index contributed by atoms with van der Waals surface area (Å²) in [4.78, 5) is 25.5. The second kappa shape index (κ2) is 7.45. The highest BCUT2D eigenvalue weighted by molar-refractivity contribution is 6.33. The number of halogens is 1. The fourth-order valence-corrected chi connectivity index (χ4v) is 2.72. The maximum atomic E-state index is 12.0. The summed E-state index contributed by atoms with van der Waals surface area (Å²) in [6.07, 6.45) is 5.18. The van der Waals surface area contributed by atoms with Gasteiger partial charge in [0.05, 0.1) is 11.9 Å². The van der Waals surface area contributed by atoms with Crippen molar-refractivity contribution in [2.75, 3.05) is 24.5 Å². The molecule has 116 valence electrons. The summed E-state index contributed by atoms with van der Waals surface area (Å²) in [6, 6.07) is 0. The smallest absolute Gasteiger partial charge is 0.285 e. The van der Waals surface area contributed by atoms with Crippen molar-refractivity contribution in [3.8, 4) is 0 Å². The van der Waals surface area contributed by atoms with Crippen molar-refractivity contribution >= 4 is 23.2 Å². The van der Waals surface area contributed by atoms with Gasteiger partial charge in [0.1, 0.15) is 5.02 Å². The lowest BCUT2D eigenvalue weighted by Crippen LogP contribution is -2.41. The Morgan fingerprint density at radius 2 is 2.24 bits per heavy atom. The van der Waals surface area contributed by atoms with Gasteiger partial charge in [-0.2, -0.15) is 5.10 Å². The van der Waals surface area contributed by atoms with E-state index in [0.29, 0.717) is 18.8 Å². The largest absolute Gasteiger partial charge is 0.369 e. The summed E-state index contributed by atoms with van der Waals surface area (Å²) in [5.41, 5.74) is 0.263. The third-order valence-corrected chi connectivity index (χ3v) is 4.18. The molecule has 2 N–H and O–H groups in total. The van der Waals surface area contributed by atoms with Crippen molar-refractivity contribution in [2.45, 2.75) is 32.6 Å². The van der Waals surface area contributed by atoms with Crippen molar-refractivity contribution < 1.29 is 4.79 Å². The van der Waals surface area contributed by atoms with Crippen molar-refractivity contribution in [3.05, 3.63) is 21.6 Å². The number of piperidine rings is 1. The SMILES string of the molecule is CCCCNC(=O)C1CCN(c2cn[nH]c(=O)c2Cl)CC1. The molecule has 21 heavy (non-hydrogen) atoms. The van der Waals surface area contributed by atoms with Crippen LogP contribution in [0.15, 0.2) is 11.0 Å². The molecule has 0 aromatic carbocycles. The molecule has 0 radical (unpaired) electrons. The van der Waals surface area contributed by atoms with Crippen LogP contribution in [0, 0.1) is 5.92 Å². The average Bonchev–Trinajstić information content (AvgIpc) is 2.50. The lowest BCUT2D eigenvalue weighted by molar-refractivity contribution is -0.125. The molecule has 1 fully saturated rings. The monoisotopic (exact) mass is 312 g/mol. The number of aromatic nitrogens is 2. The first-order chi connectivity index (χ1) is 10.1. The Bertz CT molecular complexity index is 538. The summed E-state index contributed by atoms with van der Waals surface area (Å²) in [5.74, 6) is 0.185. The van der Waals surface area contributed by atoms with Gasteiger partial charge in [-0.15, -0.1) is 0 Å². The minimum atomic E-state index is -0.381. The molecule has 0 unspecified atom stereocenters. The molecule has 0 bridgehead atoms. The van der Waals surface area contributed by atoms with Gasteiger partial charge in [0.25, 0.3) is 5.56 Å². The maximum absolute atomic E-state index is 12.0. The van der Waals surface area contributed by atoms with Crippen LogP contribution in [0.1, 0.15) is 32.6 Å². The first-order valence-corrected chi connectivity index (χ1v) is 7.77. The van der Waals surface area contributed by atoms with Crippen molar-refractivity contribution in [3.63, 3.8) is 0 Å². The summed E-state index contributed by atoms with van der Waals surface area (Å²) < 4.78 is 0. The minimum absolute atomic E-state index is 0.0480. The number of rotatable bonds is 5. The summed E-state index contributed by atoms with van der Waals surface area (Å²) in [5, 5.41) is 9.23. The Hall–Kier alpha value is -1.56. The van der Waals surface area contributed by atoms with E-state index in [2.05, 4.69) is 22.4 Å². The molecule has 1 aromatic rings. The van der Waals surface area contributed by atoms with E-state index < -0.39 is 0 Å². The van der Waals surface area contributed by atoms with Gasteiger partial charge < -0.3 is 10.2 Å². The number of nitrogens with one attached hydrogen (secondary N) is 2. The van der Waals surface area contributed by atoms with Gasteiger partial charge in [-0.1, -0.05) is 24.9 Å². The highest BCUT2D eigenvalue weighted by Gasteiger charge is 2.26. The van der Waals surface area contributed by atoms with E-state index in [9.17, 15) is 9.59 Å². The summed E-state index contributed by atoms with van der Waals surface area (Å²) in [6.45, 7) is 4.26. The van der Waals surface area contributed by atoms with Gasteiger partial charge in [-0.25, -0.2) is 5.10 Å². The Morgan fingerprint density at radius 3 is 2.90 bits per heavy atom. The van der Waals surface area contributed by atoms with Crippen LogP contribution >= 0.6 is 11.6 Å². The number of unbranched alkanes of at least 4 members (excludes halogenated alkanes) is 1. The molecule has 1 saturated heterocycles. The fourth-order valence-electron chi connectivity index (χ4n) is 2.51. The topological polar surface area (TPSA) is 78.1 Å². The lowest BCUT2D eigenvalue weighted by atomic mass is 9.95. The zero-order valence-electron chi connectivity index (χ0n) is 12.2. The zero-order chi connectivity index (χ0) is 15.2. The molecule has 1 aliphatic rings. The fraction of sp³-hybridized carbons (Fsp3) is 0.643. The average molecular weight is 313 g/mol. The van der Waals surface area contributed by atoms with Gasteiger partial charge in [-0.05, 0) is 19.3 Å². The Morgan fingerprint density at radius 1 is 1.52 bits per heavy atom. The van der Waals surface area contributed by atoms with E-state index in [1.54, 1.807) is 6.20 Å². The van der Waals surface area contributed by atoms with Crippen molar-refractivity contribution in [1.29, 1.82) is 0 Å². The van der Waals surface area contributed by atoms with Crippen LogP contribution in [0.5, 0.6) is 0 Å². The van der Waals surface area contributed by atoms with Gasteiger partial charge >= 0.3 is 0 Å². The number of carbonyl (C=O) groups excluding carboxylic acids is 1. The maximum Gasteiger partial charge on any atom is 0.285 e. The van der Waals surface area contributed by atoms with E-state index >= 15 is 0 Å².